The summed E-state index contributed by atoms with van der Waals surface area (Å²) in [5.41, 5.74) is 1.30. The van der Waals surface area contributed by atoms with Gasteiger partial charge in [0.2, 0.25) is 0 Å². The molecule has 2 fully saturated rings. The summed E-state index contributed by atoms with van der Waals surface area (Å²) in [5.74, 6) is 0. The Morgan fingerprint density at radius 2 is 2.38 bits per heavy atom. The van der Waals surface area contributed by atoms with Crippen LogP contribution >= 0.6 is 0 Å². The van der Waals surface area contributed by atoms with Gasteiger partial charge in [-0.15, -0.1) is 0 Å². The fourth-order valence-corrected chi connectivity index (χ4v) is 3.62. The molecular formula is C16H28N4O. The van der Waals surface area contributed by atoms with Crippen LogP contribution in [0.5, 0.6) is 0 Å². The number of hydrogen-bond donors (Lipinski definition) is 1. The summed E-state index contributed by atoms with van der Waals surface area (Å²) in [6.07, 6.45) is 8.08. The molecule has 0 saturated carbocycles. The average Bonchev–Trinajstić information content (AvgIpc) is 3.14. The van der Waals surface area contributed by atoms with E-state index in [1.54, 1.807) is 0 Å². The summed E-state index contributed by atoms with van der Waals surface area (Å²) >= 11 is 0. The highest BCUT2D eigenvalue weighted by Crippen LogP contribution is 2.24. The second-order valence-electron chi connectivity index (χ2n) is 6.24. The van der Waals surface area contributed by atoms with E-state index in [2.05, 4.69) is 35.4 Å². The lowest BCUT2D eigenvalue weighted by Crippen LogP contribution is -2.54. The predicted octanol–water partition coefficient (Wildman–Crippen LogP) is 1.29. The molecule has 21 heavy (non-hydrogen) atoms. The third kappa shape index (κ3) is 3.47. The molecule has 0 spiro atoms. The Balaban J connectivity index is 1.63. The van der Waals surface area contributed by atoms with Crippen molar-refractivity contribution in [3.05, 3.63) is 18.0 Å². The lowest BCUT2D eigenvalue weighted by molar-refractivity contribution is -0.0641. The summed E-state index contributed by atoms with van der Waals surface area (Å²) in [7, 11) is 0. The van der Waals surface area contributed by atoms with Gasteiger partial charge in [-0.3, -0.25) is 9.58 Å². The highest BCUT2D eigenvalue weighted by atomic mass is 16.5. The normalized spacial score (nSPS) is 27.7. The van der Waals surface area contributed by atoms with Gasteiger partial charge in [-0.1, -0.05) is 6.92 Å². The number of nitrogens with one attached hydrogen (secondary N) is 1. The Labute approximate surface area is 127 Å². The van der Waals surface area contributed by atoms with Gasteiger partial charge in [0.25, 0.3) is 0 Å². The lowest BCUT2D eigenvalue weighted by Gasteiger charge is -2.39. The number of fused-ring (bicyclic) bond motifs is 1. The molecule has 0 aromatic carbocycles. The van der Waals surface area contributed by atoms with Crippen LogP contribution in [0.1, 0.15) is 32.3 Å². The molecule has 118 valence electrons. The number of aromatic nitrogens is 2. The maximum atomic E-state index is 6.18. The molecule has 2 aliphatic heterocycles. The van der Waals surface area contributed by atoms with E-state index in [1.165, 1.54) is 24.9 Å². The topological polar surface area (TPSA) is 42.3 Å². The largest absolute Gasteiger partial charge is 0.374 e. The van der Waals surface area contributed by atoms with Crippen LogP contribution in [0.25, 0.3) is 0 Å². The Morgan fingerprint density at radius 3 is 3.14 bits per heavy atom. The molecule has 1 aromatic heterocycles. The van der Waals surface area contributed by atoms with Gasteiger partial charge in [-0.25, -0.2) is 0 Å². The van der Waals surface area contributed by atoms with E-state index in [1.807, 2.05) is 10.9 Å². The molecule has 3 heterocycles. The number of hydrogen-bond acceptors (Lipinski definition) is 4. The number of rotatable bonds is 6. The third-order valence-electron chi connectivity index (χ3n) is 4.80. The smallest absolute Gasteiger partial charge is 0.0858 e. The molecule has 3 atom stereocenters. The maximum absolute atomic E-state index is 6.18. The zero-order valence-corrected chi connectivity index (χ0v) is 13.3. The van der Waals surface area contributed by atoms with Crippen molar-refractivity contribution in [1.82, 2.24) is 20.0 Å². The highest BCUT2D eigenvalue weighted by Gasteiger charge is 2.35. The first-order chi connectivity index (χ1) is 10.3. The minimum Gasteiger partial charge on any atom is -0.374 e. The van der Waals surface area contributed by atoms with Crippen LogP contribution in [0.15, 0.2) is 12.4 Å². The molecule has 3 unspecified atom stereocenters. The number of aryl methyl sites for hydroxylation is 1. The van der Waals surface area contributed by atoms with Gasteiger partial charge in [0.1, 0.15) is 0 Å². The van der Waals surface area contributed by atoms with E-state index in [-0.39, 0.29) is 0 Å². The Bertz CT molecular complexity index is 447. The fourth-order valence-electron chi connectivity index (χ4n) is 3.62. The van der Waals surface area contributed by atoms with Gasteiger partial charge in [0.05, 0.1) is 18.9 Å². The van der Waals surface area contributed by atoms with E-state index in [0.717, 1.165) is 32.7 Å². The van der Waals surface area contributed by atoms with Gasteiger partial charge in [0.15, 0.2) is 0 Å². The summed E-state index contributed by atoms with van der Waals surface area (Å²) in [4.78, 5) is 2.62. The second-order valence-corrected chi connectivity index (χ2v) is 6.24. The van der Waals surface area contributed by atoms with Gasteiger partial charge < -0.3 is 10.1 Å². The maximum Gasteiger partial charge on any atom is 0.0858 e. The van der Waals surface area contributed by atoms with Crippen LogP contribution in [0.3, 0.4) is 0 Å². The first-order valence-corrected chi connectivity index (χ1v) is 8.40. The number of morpholine rings is 1. The monoisotopic (exact) mass is 292 g/mol. The zero-order valence-electron chi connectivity index (χ0n) is 13.3. The Morgan fingerprint density at radius 1 is 1.48 bits per heavy atom. The minimum absolute atomic E-state index is 0.296. The Hall–Kier alpha value is -0.910. The van der Waals surface area contributed by atoms with Crippen LogP contribution < -0.4 is 5.32 Å². The zero-order chi connectivity index (χ0) is 14.7. The van der Waals surface area contributed by atoms with Crippen molar-refractivity contribution in [2.24, 2.45) is 0 Å². The highest BCUT2D eigenvalue weighted by molar-refractivity contribution is 5.08. The van der Waals surface area contributed by atoms with Crippen LogP contribution in [-0.2, 0) is 17.7 Å². The molecular weight excluding hydrogens is 264 g/mol. The van der Waals surface area contributed by atoms with Crippen molar-refractivity contribution in [2.75, 3.05) is 26.2 Å². The van der Waals surface area contributed by atoms with Gasteiger partial charge in [-0.2, -0.15) is 5.10 Å². The number of ether oxygens (including phenoxy) is 1. The van der Waals surface area contributed by atoms with Crippen LogP contribution in [0.2, 0.25) is 0 Å². The van der Waals surface area contributed by atoms with Gasteiger partial charge in [0, 0.05) is 31.4 Å². The molecule has 1 aromatic rings. The first-order valence-electron chi connectivity index (χ1n) is 8.40. The van der Waals surface area contributed by atoms with Crippen LogP contribution in [-0.4, -0.2) is 59.1 Å². The van der Waals surface area contributed by atoms with Crippen molar-refractivity contribution >= 4 is 0 Å². The molecule has 5 heteroatoms. The minimum atomic E-state index is 0.296. The summed E-state index contributed by atoms with van der Waals surface area (Å²) in [6.45, 7) is 9.43. The molecule has 5 nitrogen and oxygen atoms in total. The van der Waals surface area contributed by atoms with Crippen molar-refractivity contribution in [1.29, 1.82) is 0 Å². The van der Waals surface area contributed by atoms with E-state index in [4.69, 9.17) is 4.74 Å². The number of nitrogens with zero attached hydrogens (tertiary/aromatic N) is 3. The lowest BCUT2D eigenvalue weighted by atomic mass is 10.0. The van der Waals surface area contributed by atoms with E-state index >= 15 is 0 Å². The average molecular weight is 292 g/mol. The molecule has 0 amide bonds. The second kappa shape index (κ2) is 6.90. The molecule has 1 N–H and O–H groups in total. The third-order valence-corrected chi connectivity index (χ3v) is 4.80. The molecule has 0 aliphatic carbocycles. The number of likely N-dealkylation sites (N-methyl/N-ethyl adjacent to an activating group) is 1. The van der Waals surface area contributed by atoms with Crippen molar-refractivity contribution in [3.8, 4) is 0 Å². The van der Waals surface area contributed by atoms with Crippen molar-refractivity contribution in [2.45, 2.75) is 57.8 Å². The van der Waals surface area contributed by atoms with Crippen molar-refractivity contribution in [3.63, 3.8) is 0 Å². The summed E-state index contributed by atoms with van der Waals surface area (Å²) in [5, 5.41) is 8.00. The molecule has 0 radical (unpaired) electrons. The molecule has 0 bridgehead atoms. The van der Waals surface area contributed by atoms with E-state index in [9.17, 15) is 0 Å². The summed E-state index contributed by atoms with van der Waals surface area (Å²) < 4.78 is 8.18. The molecule has 2 aliphatic rings. The van der Waals surface area contributed by atoms with Gasteiger partial charge in [-0.05, 0) is 44.8 Å². The van der Waals surface area contributed by atoms with E-state index in [0.29, 0.717) is 18.2 Å². The quantitative estimate of drug-likeness (QED) is 0.858. The van der Waals surface area contributed by atoms with E-state index < -0.39 is 0 Å². The van der Waals surface area contributed by atoms with Crippen LogP contribution in [0.4, 0.5) is 0 Å². The SMILES string of the molecule is CCNC(Cc1cnn(CC)c1)C1CN2CCCC2CO1. The van der Waals surface area contributed by atoms with Crippen molar-refractivity contribution < 1.29 is 4.74 Å². The fraction of sp³-hybridized carbons (Fsp3) is 0.812. The first kappa shape index (κ1) is 15.0. The van der Waals surface area contributed by atoms with Crippen LogP contribution in [0, 0.1) is 0 Å². The summed E-state index contributed by atoms with van der Waals surface area (Å²) in [6, 6.07) is 1.05. The molecule has 3 rings (SSSR count). The predicted molar refractivity (Wildman–Crippen MR) is 83.4 cm³/mol. The van der Waals surface area contributed by atoms with Gasteiger partial charge >= 0.3 is 0 Å². The Kier molecular flexibility index (Phi) is 4.93. The standard InChI is InChI=1S/C16H28N4O/c1-3-17-15(8-13-9-18-20(4-2)10-13)16-11-19-7-5-6-14(19)12-21-16/h9-10,14-17H,3-8,11-12H2,1-2H3. The molecule has 2 saturated heterocycles.